The summed E-state index contributed by atoms with van der Waals surface area (Å²) in [7, 11) is -15.1. The molecule has 27 heteroatoms. The number of hydrogen-bond donors (Lipinski definition) is 13. The van der Waals surface area contributed by atoms with E-state index in [0.717, 1.165) is 6.33 Å². The van der Waals surface area contributed by atoms with Crippen LogP contribution >= 0.6 is 23.5 Å². The van der Waals surface area contributed by atoms with Crippen LogP contribution in [-0.2, 0) is 32.1 Å². The number of phosphoric ester groups is 1. The van der Waals surface area contributed by atoms with Gasteiger partial charge in [-0.3, -0.25) is 9.09 Å². The number of carbonyl (C=O) groups is 1. The molecule has 2 aromatic rings. The average molecular weight is 675 g/mol. The molecule has 0 spiro atoms. The molecule has 1 fully saturated rings. The van der Waals surface area contributed by atoms with Gasteiger partial charge in [-0.05, 0) is 0 Å². The number of ether oxygens (including phenoxy) is 1. The summed E-state index contributed by atoms with van der Waals surface area (Å²) in [6.07, 6.45) is -7.83. The molecule has 0 amide bonds. The number of nitrogens with zero attached hydrogens (tertiary/aromatic N) is 4. The fourth-order valence-electron chi connectivity index (χ4n) is 2.89. The van der Waals surface area contributed by atoms with Gasteiger partial charge in [-0.15, -0.1) is 0 Å². The molecule has 0 bridgehead atoms. The predicted molar refractivity (Wildman–Crippen MR) is 130 cm³/mol. The number of anilines is 1. The molecule has 242 valence electrons. The smallest absolute Gasteiger partial charge is 0.394 e. The molecule has 0 aromatic carbocycles. The number of nitrogen functional groups attached to an aromatic ring is 1. The highest BCUT2D eigenvalue weighted by Gasteiger charge is 2.46. The highest BCUT2D eigenvalue weighted by atomic mass is 31.3. The first kappa shape index (κ1) is 38.1. The Kier molecular flexibility index (Phi) is 14.3. The summed E-state index contributed by atoms with van der Waals surface area (Å²) < 4.78 is 45.7. The van der Waals surface area contributed by atoms with Crippen molar-refractivity contribution in [1.82, 2.24) is 19.5 Å². The van der Waals surface area contributed by atoms with Crippen LogP contribution < -0.4 is 5.73 Å². The van der Waals surface area contributed by atoms with Crippen molar-refractivity contribution in [2.24, 2.45) is 0 Å². The molecule has 2 aromatic heterocycles. The predicted octanol–water partition coefficient (Wildman–Crippen LogP) is -5.41. The van der Waals surface area contributed by atoms with Gasteiger partial charge in [-0.1, -0.05) is 0 Å². The van der Waals surface area contributed by atoms with Gasteiger partial charge in [0, 0.05) is 0 Å². The second kappa shape index (κ2) is 15.7. The Morgan fingerprint density at radius 3 is 2.10 bits per heavy atom. The minimum atomic E-state index is -5.29. The van der Waals surface area contributed by atoms with Gasteiger partial charge in [0.05, 0.1) is 19.5 Å². The Bertz CT molecular complexity index is 1290. The largest absolute Gasteiger partial charge is 0.481 e. The number of carbonyl (C=O) groups excluding carboxylic acids is 1. The molecule has 3 heterocycles. The number of nitrogens with two attached hydrogens (primary N) is 1. The minimum absolute atomic E-state index is 0.0856. The van der Waals surface area contributed by atoms with Crippen LogP contribution in [0.5, 0.6) is 0 Å². The Morgan fingerprint density at radius 2 is 1.60 bits per heavy atom. The van der Waals surface area contributed by atoms with Crippen LogP contribution in [-0.4, -0.2) is 136 Å². The van der Waals surface area contributed by atoms with Crippen molar-refractivity contribution in [2.75, 3.05) is 18.9 Å². The zero-order valence-corrected chi connectivity index (χ0v) is 23.3. The molecule has 14 N–H and O–H groups in total. The fraction of sp³-hybridized carbons (Fsp3) is 0.600. The summed E-state index contributed by atoms with van der Waals surface area (Å²) in [5, 5.41) is 54.3. The Morgan fingerprint density at radius 1 is 1.02 bits per heavy atom. The lowest BCUT2D eigenvalue weighted by Gasteiger charge is -2.17. The number of hydrogen-bond acceptors (Lipinski definition) is 17. The summed E-state index contributed by atoms with van der Waals surface area (Å²) in [6.45, 7) is -1.50. The second-order valence-corrected chi connectivity index (χ2v) is 11.7. The monoisotopic (exact) mass is 675 g/mol. The maximum absolute atomic E-state index is 11.5. The van der Waals surface area contributed by atoms with Crippen LogP contribution in [0.3, 0.4) is 0 Å². The van der Waals surface area contributed by atoms with Crippen LogP contribution in [0, 0.1) is 0 Å². The SMILES string of the molecule is Nc1ncnc2c1ncn2[C@@H]1O[C@H](COP(=O)(O)OP(=O)(O)O)[C@@H](O)[C@H]1O.O=CC(O)C(O)C(O)CO.O=P(O)(O)O. The molecule has 42 heavy (non-hydrogen) atoms. The van der Waals surface area contributed by atoms with E-state index in [2.05, 4.69) is 23.8 Å². The summed E-state index contributed by atoms with van der Waals surface area (Å²) in [6, 6.07) is 0. The Hall–Kier alpha value is -1.89. The van der Waals surface area contributed by atoms with Crippen molar-refractivity contribution in [2.45, 2.75) is 42.9 Å². The molecule has 8 atom stereocenters. The second-order valence-electron chi connectivity index (χ2n) is 7.85. The molecule has 1 aliphatic heterocycles. The fourth-order valence-corrected chi connectivity index (χ4v) is 4.49. The summed E-state index contributed by atoms with van der Waals surface area (Å²) in [5.74, 6) is 0.0856. The first-order valence-electron chi connectivity index (χ1n) is 10.7. The van der Waals surface area contributed by atoms with E-state index in [0.29, 0.717) is 0 Å². The molecule has 0 saturated carbocycles. The van der Waals surface area contributed by atoms with E-state index in [1.165, 1.54) is 10.9 Å². The van der Waals surface area contributed by atoms with E-state index < -0.39 is 79.5 Å². The first-order chi connectivity index (χ1) is 19.1. The minimum Gasteiger partial charge on any atom is -0.394 e. The van der Waals surface area contributed by atoms with Crippen molar-refractivity contribution >= 4 is 46.7 Å². The number of phosphoric acid groups is 3. The van der Waals surface area contributed by atoms with E-state index in [-0.39, 0.29) is 23.3 Å². The summed E-state index contributed by atoms with van der Waals surface area (Å²) in [5.41, 5.74) is 6.11. The molecule has 3 rings (SSSR count). The van der Waals surface area contributed by atoms with Gasteiger partial charge in [0.25, 0.3) is 0 Å². The number of aromatic nitrogens is 4. The van der Waals surface area contributed by atoms with Gasteiger partial charge in [0.2, 0.25) is 0 Å². The third-order valence-electron chi connectivity index (χ3n) is 4.68. The molecular weight excluding hydrogens is 647 g/mol. The molecule has 0 radical (unpaired) electrons. The summed E-state index contributed by atoms with van der Waals surface area (Å²) in [4.78, 5) is 69.4. The van der Waals surface area contributed by atoms with E-state index in [1.54, 1.807) is 0 Å². The van der Waals surface area contributed by atoms with E-state index in [1.807, 2.05) is 0 Å². The van der Waals surface area contributed by atoms with Gasteiger partial charge < -0.3 is 75.3 Å². The normalized spacial score (nSPS) is 24.4. The zero-order valence-electron chi connectivity index (χ0n) is 20.6. The highest BCUT2D eigenvalue weighted by molar-refractivity contribution is 7.60. The lowest BCUT2D eigenvalue weighted by molar-refractivity contribution is -0.127. The zero-order chi connectivity index (χ0) is 32.6. The third kappa shape index (κ3) is 12.4. The molecule has 24 nitrogen and oxygen atoms in total. The van der Waals surface area contributed by atoms with Crippen LogP contribution in [0.1, 0.15) is 6.23 Å². The van der Waals surface area contributed by atoms with Crippen molar-refractivity contribution in [3.05, 3.63) is 12.7 Å². The van der Waals surface area contributed by atoms with Crippen LogP contribution in [0.4, 0.5) is 5.82 Å². The molecule has 1 saturated heterocycles. The average Bonchev–Trinajstić information content (AvgIpc) is 3.41. The number of rotatable bonds is 10. The Labute approximate surface area is 233 Å². The topological polar surface area (TPSA) is 408 Å². The van der Waals surface area contributed by atoms with Crippen LogP contribution in [0.2, 0.25) is 0 Å². The number of imidazole rings is 1. The lowest BCUT2D eigenvalue weighted by Crippen LogP contribution is -2.40. The van der Waals surface area contributed by atoms with Crippen LogP contribution in [0.25, 0.3) is 11.2 Å². The van der Waals surface area contributed by atoms with E-state index >= 15 is 0 Å². The molecule has 0 aliphatic carbocycles. The number of fused-ring (bicyclic) bond motifs is 1. The van der Waals surface area contributed by atoms with Crippen LogP contribution in [0.15, 0.2) is 12.7 Å². The molecule has 4 unspecified atom stereocenters. The number of aliphatic hydroxyl groups excluding tert-OH is 6. The first-order valence-corrected chi connectivity index (χ1v) is 15.3. The van der Waals surface area contributed by atoms with E-state index in [4.69, 9.17) is 59.9 Å². The van der Waals surface area contributed by atoms with Crippen molar-refractivity contribution in [1.29, 1.82) is 0 Å². The van der Waals surface area contributed by atoms with Gasteiger partial charge in [0.15, 0.2) is 24.0 Å². The lowest BCUT2D eigenvalue weighted by atomic mass is 10.1. The van der Waals surface area contributed by atoms with Gasteiger partial charge >= 0.3 is 23.5 Å². The van der Waals surface area contributed by atoms with Crippen molar-refractivity contribution in [3.8, 4) is 0 Å². The quantitative estimate of drug-likeness (QED) is 0.0825. The molecular formula is C15H28N5O19P3. The van der Waals surface area contributed by atoms with Crippen molar-refractivity contribution < 1.29 is 92.1 Å². The number of aldehydes is 1. The van der Waals surface area contributed by atoms with Gasteiger partial charge in [-0.25, -0.2) is 28.6 Å². The van der Waals surface area contributed by atoms with Gasteiger partial charge in [0.1, 0.15) is 48.5 Å². The highest BCUT2D eigenvalue weighted by Crippen LogP contribution is 2.57. The maximum Gasteiger partial charge on any atom is 0.481 e. The number of aliphatic hydroxyl groups is 6. The van der Waals surface area contributed by atoms with E-state index in [9.17, 15) is 29.0 Å². The maximum atomic E-state index is 11.5. The van der Waals surface area contributed by atoms with Gasteiger partial charge in [-0.2, -0.15) is 4.31 Å². The third-order valence-corrected chi connectivity index (χ3v) is 6.83. The Balaban J connectivity index is 0.000000488. The summed E-state index contributed by atoms with van der Waals surface area (Å²) >= 11 is 0. The van der Waals surface area contributed by atoms with Crippen molar-refractivity contribution in [3.63, 3.8) is 0 Å². The molecule has 1 aliphatic rings. The standard InChI is InChI=1S/C10H15N5O10P2.C5H10O5.H3O4P/c11-8-5-9(13-2-12-8)15(3-14-5)10-7(17)6(16)4(24-10)1-23-27(21,22)25-26(18,19)20;6-1-3(8)5(10)4(9)2-7;1-5(2,3)4/h2-4,6-7,10,16-17H,1H2,(H,21,22)(H2,11,12,13)(H2,18,19,20);1,3-5,7-10H,2H2;(H3,1,2,3,4)/t4-,6-,7-,10-;;/m1../s1.